The summed E-state index contributed by atoms with van der Waals surface area (Å²) in [5.41, 5.74) is 2.45. The molecule has 2 atom stereocenters. The lowest BCUT2D eigenvalue weighted by atomic mass is 9.87. The predicted molar refractivity (Wildman–Crippen MR) is 138 cm³/mol. The molecule has 0 saturated carbocycles. The molecule has 5 amide bonds. The molecule has 1 aromatic heterocycles. The van der Waals surface area contributed by atoms with Crippen LogP contribution in [0.25, 0.3) is 0 Å². The van der Waals surface area contributed by atoms with Crippen LogP contribution in [0.5, 0.6) is 0 Å². The number of pyridine rings is 1. The second kappa shape index (κ2) is 10.9. The van der Waals surface area contributed by atoms with Crippen LogP contribution in [0.15, 0.2) is 42.6 Å². The van der Waals surface area contributed by atoms with Gasteiger partial charge in [-0.1, -0.05) is 53.2 Å². The van der Waals surface area contributed by atoms with Gasteiger partial charge in [0, 0.05) is 18.8 Å². The highest BCUT2D eigenvalue weighted by Gasteiger charge is 2.43. The number of aromatic nitrogens is 1. The van der Waals surface area contributed by atoms with Crippen molar-refractivity contribution >= 4 is 29.5 Å². The summed E-state index contributed by atoms with van der Waals surface area (Å²) in [6, 6.07) is 9.91. The van der Waals surface area contributed by atoms with Crippen molar-refractivity contribution in [2.45, 2.75) is 84.8 Å². The van der Waals surface area contributed by atoms with Gasteiger partial charge in [0.2, 0.25) is 0 Å². The normalized spacial score (nSPS) is 17.0. The number of imide groups is 1. The molecule has 8 heteroatoms. The minimum Gasteiger partial charge on any atom is -0.335 e. The first-order valence-electron chi connectivity index (χ1n) is 12.3. The third-order valence-corrected chi connectivity index (χ3v) is 6.36. The van der Waals surface area contributed by atoms with Crippen molar-refractivity contribution in [2.75, 3.05) is 10.2 Å². The number of hydrogen-bond acceptors (Lipinski definition) is 4. The van der Waals surface area contributed by atoms with Gasteiger partial charge in [0.1, 0.15) is 11.9 Å². The van der Waals surface area contributed by atoms with E-state index < -0.39 is 6.04 Å². The van der Waals surface area contributed by atoms with Crippen molar-refractivity contribution < 1.29 is 14.4 Å². The number of nitrogens with zero attached hydrogens (tertiary/aromatic N) is 3. The topological polar surface area (TPSA) is 94.6 Å². The SMILES string of the molecule is CCCC(CC)NC(=O)Nc1cc(CN2C(=O)N(c3ccc(C(C)(C)C)cc3)C(=O)C2C)ccn1. The highest BCUT2D eigenvalue weighted by atomic mass is 16.2. The Kier molecular flexibility index (Phi) is 8.14. The maximum Gasteiger partial charge on any atom is 0.332 e. The number of hydrogen-bond donors (Lipinski definition) is 2. The van der Waals surface area contributed by atoms with Gasteiger partial charge < -0.3 is 10.2 Å². The molecule has 1 aliphatic heterocycles. The zero-order valence-electron chi connectivity index (χ0n) is 21.6. The van der Waals surface area contributed by atoms with Crippen molar-refractivity contribution in [1.82, 2.24) is 15.2 Å². The quantitative estimate of drug-likeness (QED) is 0.493. The van der Waals surface area contributed by atoms with Crippen molar-refractivity contribution in [3.05, 3.63) is 53.7 Å². The average Bonchev–Trinajstić information content (AvgIpc) is 3.01. The third kappa shape index (κ3) is 6.18. The fraction of sp³-hybridized carbons (Fsp3) is 0.481. The maximum absolute atomic E-state index is 13.2. The molecule has 1 aliphatic rings. The van der Waals surface area contributed by atoms with Crippen molar-refractivity contribution in [2.24, 2.45) is 0 Å². The van der Waals surface area contributed by atoms with Crippen LogP contribution in [0.4, 0.5) is 21.1 Å². The number of carbonyl (C=O) groups is 3. The smallest absolute Gasteiger partial charge is 0.332 e. The van der Waals surface area contributed by atoms with Crippen LogP contribution in [0.1, 0.15) is 71.9 Å². The summed E-state index contributed by atoms with van der Waals surface area (Å²) in [7, 11) is 0. The van der Waals surface area contributed by atoms with Crippen molar-refractivity contribution in [1.29, 1.82) is 0 Å². The van der Waals surface area contributed by atoms with E-state index >= 15 is 0 Å². The lowest BCUT2D eigenvalue weighted by molar-refractivity contribution is -0.119. The van der Waals surface area contributed by atoms with Gasteiger partial charge in [-0.15, -0.1) is 0 Å². The second-order valence-corrected chi connectivity index (χ2v) is 10.1. The molecule has 0 aliphatic carbocycles. The lowest BCUT2D eigenvalue weighted by Gasteiger charge is -2.21. The summed E-state index contributed by atoms with van der Waals surface area (Å²) in [6.45, 7) is 12.4. The first kappa shape index (κ1) is 26.2. The van der Waals surface area contributed by atoms with E-state index in [1.165, 1.54) is 9.80 Å². The molecule has 2 N–H and O–H groups in total. The predicted octanol–water partition coefficient (Wildman–Crippen LogP) is 5.44. The molecule has 2 aromatic rings. The molecule has 1 saturated heterocycles. The largest absolute Gasteiger partial charge is 0.335 e. The van der Waals surface area contributed by atoms with Crippen LogP contribution >= 0.6 is 0 Å². The monoisotopic (exact) mass is 479 g/mol. The fourth-order valence-corrected chi connectivity index (χ4v) is 4.16. The molecule has 2 heterocycles. The van der Waals surface area contributed by atoms with E-state index in [9.17, 15) is 14.4 Å². The van der Waals surface area contributed by atoms with Crippen LogP contribution in [0.2, 0.25) is 0 Å². The zero-order chi connectivity index (χ0) is 25.8. The summed E-state index contributed by atoms with van der Waals surface area (Å²) in [5.74, 6) is 0.137. The number of urea groups is 2. The summed E-state index contributed by atoms with van der Waals surface area (Å²) in [5, 5.41) is 5.73. The Morgan fingerprint density at radius 2 is 1.80 bits per heavy atom. The van der Waals surface area contributed by atoms with Gasteiger partial charge in [0.15, 0.2) is 0 Å². The first-order valence-corrected chi connectivity index (χ1v) is 12.3. The number of rotatable bonds is 8. The number of carbonyl (C=O) groups excluding carboxylic acids is 3. The van der Waals surface area contributed by atoms with Gasteiger partial charge in [-0.2, -0.15) is 0 Å². The van der Waals surface area contributed by atoms with Crippen LogP contribution < -0.4 is 15.5 Å². The van der Waals surface area contributed by atoms with E-state index in [1.807, 2.05) is 31.2 Å². The highest BCUT2D eigenvalue weighted by Crippen LogP contribution is 2.29. The summed E-state index contributed by atoms with van der Waals surface area (Å²) in [6.07, 6.45) is 4.35. The highest BCUT2D eigenvalue weighted by molar-refractivity contribution is 6.21. The van der Waals surface area contributed by atoms with Gasteiger partial charge in [-0.25, -0.2) is 19.5 Å². The molecular formula is C27H37N5O3. The van der Waals surface area contributed by atoms with E-state index in [1.54, 1.807) is 25.3 Å². The van der Waals surface area contributed by atoms with Gasteiger partial charge in [0.05, 0.1) is 5.69 Å². The van der Waals surface area contributed by atoms with Crippen LogP contribution in [-0.2, 0) is 16.8 Å². The van der Waals surface area contributed by atoms with Crippen molar-refractivity contribution in [3.8, 4) is 0 Å². The van der Waals surface area contributed by atoms with Gasteiger partial charge in [-0.3, -0.25) is 10.1 Å². The maximum atomic E-state index is 13.2. The third-order valence-electron chi connectivity index (χ3n) is 6.36. The summed E-state index contributed by atoms with van der Waals surface area (Å²) in [4.78, 5) is 45.6. The summed E-state index contributed by atoms with van der Waals surface area (Å²) < 4.78 is 0. The Bertz CT molecular complexity index is 1060. The molecule has 188 valence electrons. The average molecular weight is 480 g/mol. The number of amides is 5. The zero-order valence-corrected chi connectivity index (χ0v) is 21.6. The minimum atomic E-state index is -0.600. The molecule has 35 heavy (non-hydrogen) atoms. The van der Waals surface area contributed by atoms with Crippen LogP contribution in [-0.4, -0.2) is 39.9 Å². The molecule has 0 radical (unpaired) electrons. The summed E-state index contributed by atoms with van der Waals surface area (Å²) >= 11 is 0. The molecule has 3 rings (SSSR count). The molecule has 0 bridgehead atoms. The van der Waals surface area contributed by atoms with E-state index in [4.69, 9.17) is 0 Å². The van der Waals surface area contributed by atoms with Gasteiger partial charge in [-0.05, 0) is 60.6 Å². The first-order chi connectivity index (χ1) is 16.5. The van der Waals surface area contributed by atoms with Gasteiger partial charge >= 0.3 is 12.1 Å². The van der Waals surface area contributed by atoms with Crippen molar-refractivity contribution in [3.63, 3.8) is 0 Å². The molecule has 2 unspecified atom stereocenters. The number of anilines is 2. The molecule has 1 fully saturated rings. The van der Waals surface area contributed by atoms with Gasteiger partial charge in [0.25, 0.3) is 5.91 Å². The Hall–Kier alpha value is -3.42. The second-order valence-electron chi connectivity index (χ2n) is 10.1. The van der Waals surface area contributed by atoms with E-state index in [0.29, 0.717) is 11.5 Å². The molecular weight excluding hydrogens is 442 g/mol. The van der Waals surface area contributed by atoms with E-state index in [0.717, 1.165) is 30.4 Å². The van der Waals surface area contributed by atoms with Crippen LogP contribution in [0.3, 0.4) is 0 Å². The Balaban J connectivity index is 1.71. The van der Waals surface area contributed by atoms with Crippen LogP contribution in [0, 0.1) is 0 Å². The molecule has 1 aromatic carbocycles. The minimum absolute atomic E-state index is 0.0195. The van der Waals surface area contributed by atoms with E-state index in [-0.39, 0.29) is 36.0 Å². The molecule has 0 spiro atoms. The Morgan fingerprint density at radius 1 is 1.11 bits per heavy atom. The Labute approximate surface area is 208 Å². The molecule has 8 nitrogen and oxygen atoms in total. The standard InChI is InChI=1S/C27H37N5O3/c1-7-9-21(8-2)29-25(34)30-23-16-19(14-15-28-23)17-31-18(3)24(33)32(26(31)35)22-12-10-20(11-13-22)27(4,5)6/h10-16,18,21H,7-9,17H2,1-6H3,(H2,28,29,30,34). The Morgan fingerprint density at radius 3 is 2.40 bits per heavy atom. The lowest BCUT2D eigenvalue weighted by Crippen LogP contribution is -2.37. The number of benzene rings is 1. The fourth-order valence-electron chi connectivity index (χ4n) is 4.16. The van der Waals surface area contributed by atoms with E-state index in [2.05, 4.69) is 43.3 Å². The number of nitrogens with one attached hydrogen (secondary N) is 2.